The number of nitriles is 1. The van der Waals surface area contributed by atoms with E-state index in [1.54, 1.807) is 35.6 Å². The van der Waals surface area contributed by atoms with Gasteiger partial charge >= 0.3 is 5.97 Å². The molecular formula is C32H31N3O3S. The number of rotatable bonds is 9. The van der Waals surface area contributed by atoms with Crippen molar-refractivity contribution in [2.75, 3.05) is 6.54 Å². The highest BCUT2D eigenvalue weighted by atomic mass is 32.1. The van der Waals surface area contributed by atoms with Crippen LogP contribution >= 0.6 is 11.3 Å². The van der Waals surface area contributed by atoms with E-state index in [0.29, 0.717) is 17.5 Å². The predicted molar refractivity (Wildman–Crippen MR) is 154 cm³/mol. The molecule has 3 aromatic carbocycles. The van der Waals surface area contributed by atoms with E-state index < -0.39 is 5.97 Å². The third-order valence-corrected chi connectivity index (χ3v) is 7.55. The van der Waals surface area contributed by atoms with Crippen LogP contribution in [0, 0.1) is 11.3 Å². The average molecular weight is 538 g/mol. The van der Waals surface area contributed by atoms with E-state index in [4.69, 9.17) is 15.4 Å². The Bertz CT molecular complexity index is 1480. The van der Waals surface area contributed by atoms with Gasteiger partial charge in [-0.25, -0.2) is 4.98 Å². The van der Waals surface area contributed by atoms with Crippen LogP contribution in [0.25, 0.3) is 11.3 Å². The van der Waals surface area contributed by atoms with Crippen molar-refractivity contribution in [1.29, 1.82) is 5.26 Å². The van der Waals surface area contributed by atoms with E-state index >= 15 is 0 Å². The van der Waals surface area contributed by atoms with Crippen molar-refractivity contribution in [3.8, 4) is 17.3 Å². The quantitative estimate of drug-likeness (QED) is 0.252. The summed E-state index contributed by atoms with van der Waals surface area (Å²) in [4.78, 5) is 28.1. The molecule has 1 aromatic heterocycles. The van der Waals surface area contributed by atoms with Crippen LogP contribution in [0.1, 0.15) is 70.7 Å². The van der Waals surface area contributed by atoms with Crippen LogP contribution in [0.5, 0.6) is 0 Å². The molecule has 1 unspecified atom stereocenters. The number of amides is 1. The molecule has 0 aliphatic rings. The fraction of sp³-hybridized carbons (Fsp3) is 0.250. The van der Waals surface area contributed by atoms with E-state index in [1.165, 1.54) is 11.1 Å². The summed E-state index contributed by atoms with van der Waals surface area (Å²) < 4.78 is 0. The molecular weight excluding hydrogens is 506 g/mol. The van der Waals surface area contributed by atoms with Gasteiger partial charge in [0.1, 0.15) is 5.01 Å². The van der Waals surface area contributed by atoms with Crippen LogP contribution in [0.15, 0.2) is 78.2 Å². The fourth-order valence-electron chi connectivity index (χ4n) is 4.27. The third-order valence-electron chi connectivity index (χ3n) is 6.59. The summed E-state index contributed by atoms with van der Waals surface area (Å²) in [6.07, 6.45) is 0.591. The highest BCUT2D eigenvalue weighted by molar-refractivity contribution is 7.10. The largest absolute Gasteiger partial charge is 0.481 e. The topological polar surface area (TPSA) is 103 Å². The highest BCUT2D eigenvalue weighted by Gasteiger charge is 2.21. The molecule has 6 nitrogen and oxygen atoms in total. The van der Waals surface area contributed by atoms with Gasteiger partial charge in [0.15, 0.2) is 0 Å². The van der Waals surface area contributed by atoms with Gasteiger partial charge in [-0.2, -0.15) is 5.26 Å². The summed E-state index contributed by atoms with van der Waals surface area (Å²) in [5.74, 6) is -1.22. The van der Waals surface area contributed by atoms with Gasteiger partial charge in [-0.15, -0.1) is 11.3 Å². The van der Waals surface area contributed by atoms with Crippen LogP contribution in [0.4, 0.5) is 0 Å². The van der Waals surface area contributed by atoms with Crippen LogP contribution < -0.4 is 5.32 Å². The van der Waals surface area contributed by atoms with E-state index in [-0.39, 0.29) is 30.2 Å². The average Bonchev–Trinajstić information content (AvgIpc) is 3.41. The monoisotopic (exact) mass is 537 g/mol. The number of aliphatic carboxylic acids is 1. The Labute approximate surface area is 233 Å². The second-order valence-corrected chi connectivity index (χ2v) is 11.4. The molecule has 0 saturated heterocycles. The number of nitrogens with one attached hydrogen (secondary N) is 1. The van der Waals surface area contributed by atoms with Crippen molar-refractivity contribution in [2.24, 2.45) is 0 Å². The van der Waals surface area contributed by atoms with Gasteiger partial charge in [-0.1, -0.05) is 69.3 Å². The Morgan fingerprint density at radius 1 is 1.00 bits per heavy atom. The van der Waals surface area contributed by atoms with Gasteiger partial charge in [0.25, 0.3) is 5.91 Å². The molecule has 0 radical (unpaired) electrons. The minimum atomic E-state index is -0.947. The van der Waals surface area contributed by atoms with Crippen molar-refractivity contribution >= 4 is 23.2 Å². The third kappa shape index (κ3) is 7.18. The molecule has 2 N–H and O–H groups in total. The second kappa shape index (κ2) is 12.1. The van der Waals surface area contributed by atoms with E-state index in [1.807, 2.05) is 24.3 Å². The first kappa shape index (κ1) is 27.7. The van der Waals surface area contributed by atoms with Crippen LogP contribution in [0.3, 0.4) is 0 Å². The minimum absolute atomic E-state index is 0.0198. The normalized spacial score (nSPS) is 11.9. The van der Waals surface area contributed by atoms with Gasteiger partial charge in [-0.3, -0.25) is 9.59 Å². The molecule has 0 aliphatic heterocycles. The zero-order chi connectivity index (χ0) is 28.0. The number of carbonyl (C=O) groups is 2. The first-order chi connectivity index (χ1) is 18.6. The fourth-order valence-corrected chi connectivity index (χ4v) is 5.23. The summed E-state index contributed by atoms with van der Waals surface area (Å²) in [7, 11) is 0. The Balaban J connectivity index is 1.60. The minimum Gasteiger partial charge on any atom is -0.481 e. The lowest BCUT2D eigenvalue weighted by molar-refractivity contribution is -0.136. The van der Waals surface area contributed by atoms with Crippen LogP contribution in [-0.2, 0) is 16.6 Å². The SMILES string of the molecule is CC(C)(C)c1ccc(C(Cc2ccc(C(=O)NCCC(=O)O)cc2)c2nc(-c3ccc(C#N)cc3)cs2)cc1. The molecule has 1 heterocycles. The number of carboxylic acids is 1. The molecule has 4 rings (SSSR count). The van der Waals surface area contributed by atoms with E-state index in [0.717, 1.165) is 21.8 Å². The molecule has 198 valence electrons. The molecule has 0 saturated carbocycles. The number of carbonyl (C=O) groups excluding carboxylic acids is 1. The summed E-state index contributed by atoms with van der Waals surface area (Å²) in [5, 5.41) is 23.6. The predicted octanol–water partition coefficient (Wildman–Crippen LogP) is 6.56. The van der Waals surface area contributed by atoms with Crippen molar-refractivity contribution in [3.63, 3.8) is 0 Å². The second-order valence-electron chi connectivity index (χ2n) is 10.5. The number of thiazole rings is 1. The summed E-state index contributed by atoms with van der Waals surface area (Å²) in [6.45, 7) is 6.69. The van der Waals surface area contributed by atoms with Gasteiger partial charge in [0.05, 0.1) is 23.7 Å². The lowest BCUT2D eigenvalue weighted by Gasteiger charge is -2.21. The molecule has 7 heteroatoms. The number of hydrogen-bond acceptors (Lipinski definition) is 5. The van der Waals surface area contributed by atoms with Crippen LogP contribution in [-0.4, -0.2) is 28.5 Å². The highest BCUT2D eigenvalue weighted by Crippen LogP contribution is 2.34. The molecule has 0 aliphatic carbocycles. The summed E-state index contributed by atoms with van der Waals surface area (Å²) in [6, 6.07) is 25.8. The van der Waals surface area contributed by atoms with Crippen molar-refractivity contribution in [2.45, 2.75) is 44.9 Å². The Morgan fingerprint density at radius 3 is 2.26 bits per heavy atom. The number of hydrogen-bond donors (Lipinski definition) is 2. The van der Waals surface area contributed by atoms with Crippen molar-refractivity contribution in [1.82, 2.24) is 10.3 Å². The number of aromatic nitrogens is 1. The Morgan fingerprint density at radius 2 is 1.67 bits per heavy atom. The van der Waals surface area contributed by atoms with Crippen LogP contribution in [0.2, 0.25) is 0 Å². The van der Waals surface area contributed by atoms with E-state index in [9.17, 15) is 9.59 Å². The maximum Gasteiger partial charge on any atom is 0.305 e. The number of benzene rings is 3. The molecule has 0 bridgehead atoms. The summed E-state index contributed by atoms with van der Waals surface area (Å²) in [5.41, 5.74) is 6.51. The molecule has 1 amide bonds. The lowest BCUT2D eigenvalue weighted by Crippen LogP contribution is -2.25. The van der Waals surface area contributed by atoms with Gasteiger partial charge < -0.3 is 10.4 Å². The van der Waals surface area contributed by atoms with Gasteiger partial charge in [-0.05, 0) is 52.8 Å². The Hall–Kier alpha value is -4.28. The standard InChI is InChI=1S/C32H31N3O3S/c1-32(2,3)26-14-12-23(13-15-26)27(31-35-28(20-39-31)24-8-6-22(19-33)7-9-24)18-21-4-10-25(11-5-21)30(38)34-17-16-29(36)37/h4-15,20,27H,16-18H2,1-3H3,(H,34,38)(H,36,37). The molecule has 0 fully saturated rings. The zero-order valence-electron chi connectivity index (χ0n) is 22.3. The first-order valence-corrected chi connectivity index (χ1v) is 13.7. The molecule has 4 aromatic rings. The van der Waals surface area contributed by atoms with Gasteiger partial charge in [0, 0.05) is 29.0 Å². The van der Waals surface area contributed by atoms with E-state index in [2.05, 4.69) is 61.8 Å². The number of nitrogens with zero attached hydrogens (tertiary/aromatic N) is 2. The zero-order valence-corrected chi connectivity index (χ0v) is 23.1. The summed E-state index contributed by atoms with van der Waals surface area (Å²) >= 11 is 1.62. The molecule has 0 spiro atoms. The Kier molecular flexibility index (Phi) is 8.58. The van der Waals surface area contributed by atoms with Gasteiger partial charge in [0.2, 0.25) is 0 Å². The maximum atomic E-state index is 12.4. The first-order valence-electron chi connectivity index (χ1n) is 12.8. The van der Waals surface area contributed by atoms with Crippen molar-refractivity contribution < 1.29 is 14.7 Å². The smallest absolute Gasteiger partial charge is 0.305 e. The molecule has 1 atom stereocenters. The number of carboxylic acid groups (broad SMARTS) is 1. The lowest BCUT2D eigenvalue weighted by atomic mass is 9.84. The van der Waals surface area contributed by atoms with Crippen molar-refractivity contribution in [3.05, 3.63) is 111 Å². The molecule has 39 heavy (non-hydrogen) atoms. The maximum absolute atomic E-state index is 12.4.